The van der Waals surface area contributed by atoms with Gasteiger partial charge in [-0.1, -0.05) is 18.2 Å². The van der Waals surface area contributed by atoms with Crippen LogP contribution in [0.25, 0.3) is 0 Å². The van der Waals surface area contributed by atoms with Crippen molar-refractivity contribution in [3.05, 3.63) is 54.4 Å². The standard InChI is InChI=1S/C17H22N4/c18-17-4-2-1-3-15(17)7-10-20-11-13-21(14-12-20)16-5-8-19-9-6-16/h1-6,8-9H,7,10-14,18H2. The highest BCUT2D eigenvalue weighted by atomic mass is 15.3. The molecule has 1 aromatic heterocycles. The van der Waals surface area contributed by atoms with Gasteiger partial charge in [0.25, 0.3) is 0 Å². The van der Waals surface area contributed by atoms with Crippen molar-refractivity contribution in [1.29, 1.82) is 0 Å². The van der Waals surface area contributed by atoms with E-state index >= 15 is 0 Å². The molecule has 1 saturated heterocycles. The maximum absolute atomic E-state index is 6.00. The van der Waals surface area contributed by atoms with Crippen LogP contribution in [0.2, 0.25) is 0 Å². The number of pyridine rings is 1. The van der Waals surface area contributed by atoms with E-state index in [1.807, 2.05) is 24.5 Å². The molecule has 2 aromatic rings. The van der Waals surface area contributed by atoms with E-state index in [0.29, 0.717) is 0 Å². The van der Waals surface area contributed by atoms with Gasteiger partial charge in [0, 0.05) is 56.5 Å². The Morgan fingerprint density at radius 2 is 1.67 bits per heavy atom. The van der Waals surface area contributed by atoms with Gasteiger partial charge >= 0.3 is 0 Å². The second-order valence-corrected chi connectivity index (χ2v) is 5.48. The number of nitrogens with zero attached hydrogens (tertiary/aromatic N) is 3. The van der Waals surface area contributed by atoms with Crippen molar-refractivity contribution in [3.8, 4) is 0 Å². The number of rotatable bonds is 4. The molecular weight excluding hydrogens is 260 g/mol. The van der Waals surface area contributed by atoms with Crippen LogP contribution in [0, 0.1) is 0 Å². The summed E-state index contributed by atoms with van der Waals surface area (Å²) in [5.41, 5.74) is 9.45. The third-order valence-electron chi connectivity index (χ3n) is 4.15. The van der Waals surface area contributed by atoms with Gasteiger partial charge in [-0.2, -0.15) is 0 Å². The fourth-order valence-electron chi connectivity index (χ4n) is 2.82. The van der Waals surface area contributed by atoms with Crippen LogP contribution in [-0.4, -0.2) is 42.6 Å². The molecule has 1 fully saturated rings. The number of aromatic nitrogens is 1. The van der Waals surface area contributed by atoms with Crippen molar-refractivity contribution in [1.82, 2.24) is 9.88 Å². The minimum Gasteiger partial charge on any atom is -0.399 e. The molecule has 2 heterocycles. The van der Waals surface area contributed by atoms with E-state index in [1.54, 1.807) is 0 Å². The Bertz CT molecular complexity index is 562. The number of hydrogen-bond acceptors (Lipinski definition) is 4. The minimum atomic E-state index is 0.910. The number of benzene rings is 1. The van der Waals surface area contributed by atoms with Crippen molar-refractivity contribution >= 4 is 11.4 Å². The molecule has 4 heteroatoms. The molecule has 1 aliphatic heterocycles. The largest absolute Gasteiger partial charge is 0.399 e. The normalized spacial score (nSPS) is 16.1. The van der Waals surface area contributed by atoms with Crippen LogP contribution >= 0.6 is 0 Å². The van der Waals surface area contributed by atoms with E-state index in [1.165, 1.54) is 11.3 Å². The van der Waals surface area contributed by atoms with Gasteiger partial charge in [0.15, 0.2) is 0 Å². The minimum absolute atomic E-state index is 0.910. The topological polar surface area (TPSA) is 45.4 Å². The van der Waals surface area contributed by atoms with Crippen molar-refractivity contribution in [2.75, 3.05) is 43.4 Å². The first-order valence-electron chi connectivity index (χ1n) is 7.53. The lowest BCUT2D eigenvalue weighted by molar-refractivity contribution is 0.261. The number of para-hydroxylation sites is 1. The van der Waals surface area contributed by atoms with Gasteiger partial charge in [0.05, 0.1) is 0 Å². The molecule has 0 atom stereocenters. The molecule has 2 N–H and O–H groups in total. The SMILES string of the molecule is Nc1ccccc1CCN1CCN(c2ccncc2)CC1. The Balaban J connectivity index is 1.49. The van der Waals surface area contributed by atoms with Crippen LogP contribution in [-0.2, 0) is 6.42 Å². The molecule has 0 amide bonds. The second-order valence-electron chi connectivity index (χ2n) is 5.48. The molecule has 21 heavy (non-hydrogen) atoms. The third-order valence-corrected chi connectivity index (χ3v) is 4.15. The average Bonchev–Trinajstić information content (AvgIpc) is 2.55. The van der Waals surface area contributed by atoms with E-state index in [4.69, 9.17) is 5.73 Å². The third kappa shape index (κ3) is 3.52. The van der Waals surface area contributed by atoms with Crippen LogP contribution in [0.3, 0.4) is 0 Å². The molecule has 0 aliphatic carbocycles. The van der Waals surface area contributed by atoms with E-state index in [9.17, 15) is 0 Å². The van der Waals surface area contributed by atoms with Crippen molar-refractivity contribution in [2.24, 2.45) is 0 Å². The number of hydrogen-bond donors (Lipinski definition) is 1. The number of nitrogens with two attached hydrogens (primary N) is 1. The van der Waals surface area contributed by atoms with Crippen LogP contribution < -0.4 is 10.6 Å². The molecular formula is C17H22N4. The second kappa shape index (κ2) is 6.59. The summed E-state index contributed by atoms with van der Waals surface area (Å²) in [6.45, 7) is 5.45. The van der Waals surface area contributed by atoms with Crippen molar-refractivity contribution < 1.29 is 0 Å². The molecule has 1 aromatic carbocycles. The first-order chi connectivity index (χ1) is 10.3. The maximum Gasteiger partial charge on any atom is 0.0397 e. The highest BCUT2D eigenvalue weighted by Crippen LogP contribution is 2.16. The Hall–Kier alpha value is -2.07. The summed E-state index contributed by atoms with van der Waals surface area (Å²) in [6, 6.07) is 12.3. The Kier molecular flexibility index (Phi) is 4.36. The smallest absolute Gasteiger partial charge is 0.0397 e. The van der Waals surface area contributed by atoms with Crippen LogP contribution in [0.4, 0.5) is 11.4 Å². The lowest BCUT2D eigenvalue weighted by Crippen LogP contribution is -2.47. The molecule has 0 radical (unpaired) electrons. The highest BCUT2D eigenvalue weighted by molar-refractivity contribution is 5.46. The Morgan fingerprint density at radius 1 is 0.952 bits per heavy atom. The predicted molar refractivity (Wildman–Crippen MR) is 87.4 cm³/mol. The first kappa shape index (κ1) is 13.9. The molecule has 1 aliphatic rings. The molecule has 0 saturated carbocycles. The first-order valence-corrected chi connectivity index (χ1v) is 7.53. The van der Waals surface area contributed by atoms with E-state index in [-0.39, 0.29) is 0 Å². The molecule has 4 nitrogen and oxygen atoms in total. The number of nitrogen functional groups attached to an aromatic ring is 1. The van der Waals surface area contributed by atoms with Gasteiger partial charge in [-0.05, 0) is 30.2 Å². The summed E-state index contributed by atoms with van der Waals surface area (Å²) in [7, 11) is 0. The number of anilines is 2. The lowest BCUT2D eigenvalue weighted by Gasteiger charge is -2.36. The monoisotopic (exact) mass is 282 g/mol. The summed E-state index contributed by atoms with van der Waals surface area (Å²) in [5, 5.41) is 0. The summed E-state index contributed by atoms with van der Waals surface area (Å²) >= 11 is 0. The fraction of sp³-hybridized carbons (Fsp3) is 0.353. The molecule has 3 rings (SSSR count). The van der Waals surface area contributed by atoms with Gasteiger partial charge in [-0.15, -0.1) is 0 Å². The zero-order chi connectivity index (χ0) is 14.5. The van der Waals surface area contributed by atoms with E-state index in [2.05, 4.69) is 39.0 Å². The Morgan fingerprint density at radius 3 is 2.38 bits per heavy atom. The predicted octanol–water partition coefficient (Wildman–Crippen LogP) is 2.03. The number of piperazine rings is 1. The van der Waals surface area contributed by atoms with Gasteiger partial charge in [0.1, 0.15) is 0 Å². The van der Waals surface area contributed by atoms with Crippen LogP contribution in [0.15, 0.2) is 48.8 Å². The zero-order valence-corrected chi connectivity index (χ0v) is 12.3. The quantitative estimate of drug-likeness (QED) is 0.872. The van der Waals surface area contributed by atoms with Crippen molar-refractivity contribution in [2.45, 2.75) is 6.42 Å². The maximum atomic E-state index is 6.00. The average molecular weight is 282 g/mol. The van der Waals surface area contributed by atoms with Gasteiger partial charge in [-0.3, -0.25) is 9.88 Å². The summed E-state index contributed by atoms with van der Waals surface area (Å²) < 4.78 is 0. The zero-order valence-electron chi connectivity index (χ0n) is 12.3. The molecule has 0 unspecified atom stereocenters. The van der Waals surface area contributed by atoms with Crippen molar-refractivity contribution in [3.63, 3.8) is 0 Å². The van der Waals surface area contributed by atoms with Crippen LogP contribution in [0.1, 0.15) is 5.56 Å². The van der Waals surface area contributed by atoms with Crippen LogP contribution in [0.5, 0.6) is 0 Å². The molecule has 110 valence electrons. The summed E-state index contributed by atoms with van der Waals surface area (Å²) in [5.74, 6) is 0. The summed E-state index contributed by atoms with van der Waals surface area (Å²) in [6.07, 6.45) is 4.75. The molecule has 0 bridgehead atoms. The molecule has 0 spiro atoms. The highest BCUT2D eigenvalue weighted by Gasteiger charge is 2.16. The Labute approximate surface area is 126 Å². The van der Waals surface area contributed by atoms with Gasteiger partial charge in [0.2, 0.25) is 0 Å². The summed E-state index contributed by atoms with van der Waals surface area (Å²) in [4.78, 5) is 9.02. The lowest BCUT2D eigenvalue weighted by atomic mass is 10.1. The van der Waals surface area contributed by atoms with Gasteiger partial charge in [-0.25, -0.2) is 0 Å². The van der Waals surface area contributed by atoms with Gasteiger partial charge < -0.3 is 10.6 Å². The van der Waals surface area contributed by atoms with E-state index in [0.717, 1.165) is 44.8 Å². The van der Waals surface area contributed by atoms with E-state index < -0.39 is 0 Å². The fourth-order valence-corrected chi connectivity index (χ4v) is 2.82.